The molecule has 3 nitrogen and oxygen atoms in total. The normalized spacial score (nSPS) is 18.7. The molecule has 1 aliphatic heterocycles. The van der Waals surface area contributed by atoms with Crippen molar-refractivity contribution in [1.82, 2.24) is 14.7 Å². The Bertz CT molecular complexity index is 279. The summed E-state index contributed by atoms with van der Waals surface area (Å²) in [5.41, 5.74) is 1.40. The summed E-state index contributed by atoms with van der Waals surface area (Å²) < 4.78 is 1.99. The van der Waals surface area contributed by atoms with Crippen molar-refractivity contribution in [3.8, 4) is 0 Å². The van der Waals surface area contributed by atoms with Gasteiger partial charge in [0.05, 0.1) is 6.54 Å². The van der Waals surface area contributed by atoms with Gasteiger partial charge in [0, 0.05) is 32.0 Å². The lowest BCUT2D eigenvalue weighted by Gasteiger charge is -2.27. The summed E-state index contributed by atoms with van der Waals surface area (Å²) in [6, 6.07) is 1.97. The molecule has 0 amide bonds. The molecule has 0 N–H and O–H groups in total. The Kier molecular flexibility index (Phi) is 2.99. The van der Waals surface area contributed by atoms with Crippen molar-refractivity contribution in [2.75, 3.05) is 19.6 Å². The van der Waals surface area contributed by atoms with E-state index in [1.165, 1.54) is 31.5 Å². The maximum atomic E-state index is 4.19. The molecule has 0 radical (unpaired) electrons. The molecule has 1 fully saturated rings. The van der Waals surface area contributed by atoms with E-state index in [0.29, 0.717) is 0 Å². The second kappa shape index (κ2) is 4.42. The molecule has 1 aromatic rings. The van der Waals surface area contributed by atoms with Gasteiger partial charge in [-0.2, -0.15) is 5.10 Å². The van der Waals surface area contributed by atoms with Gasteiger partial charge in [0.25, 0.3) is 0 Å². The summed E-state index contributed by atoms with van der Waals surface area (Å²) >= 11 is 0. The average molecular weight is 191 g/mol. The van der Waals surface area contributed by atoms with Gasteiger partial charge in [-0.15, -0.1) is 0 Å². The van der Waals surface area contributed by atoms with E-state index in [2.05, 4.69) is 16.6 Å². The Morgan fingerprint density at radius 1 is 1.29 bits per heavy atom. The lowest BCUT2D eigenvalue weighted by Crippen LogP contribution is -2.33. The van der Waals surface area contributed by atoms with Gasteiger partial charge < -0.3 is 4.90 Å². The smallest absolute Gasteiger partial charge is 0.0536 e. The minimum atomic E-state index is 0.999. The molecule has 0 saturated carbocycles. The van der Waals surface area contributed by atoms with Gasteiger partial charge >= 0.3 is 0 Å². The minimum Gasteiger partial charge on any atom is -0.301 e. The first-order chi connectivity index (χ1) is 6.84. The summed E-state index contributed by atoms with van der Waals surface area (Å²) in [6.45, 7) is 8.45. The predicted octanol–water partition coefficient (Wildman–Crippen LogP) is 1.54. The summed E-state index contributed by atoms with van der Waals surface area (Å²) in [6.07, 6.45) is 6.18. The van der Waals surface area contributed by atoms with Crippen LogP contribution in [0, 0.1) is 0 Å². The molecule has 0 spiro atoms. The first-order valence-electron chi connectivity index (χ1n) is 5.21. The van der Waals surface area contributed by atoms with Crippen LogP contribution in [0.2, 0.25) is 0 Å². The van der Waals surface area contributed by atoms with E-state index >= 15 is 0 Å². The zero-order chi connectivity index (χ0) is 9.80. The van der Waals surface area contributed by atoms with Crippen LogP contribution in [0.1, 0.15) is 12.8 Å². The molecule has 76 valence electrons. The fourth-order valence-electron chi connectivity index (χ4n) is 1.77. The number of piperidine rings is 1. The van der Waals surface area contributed by atoms with Crippen molar-refractivity contribution in [3.63, 3.8) is 0 Å². The zero-order valence-electron chi connectivity index (χ0n) is 8.52. The summed E-state index contributed by atoms with van der Waals surface area (Å²) in [5, 5.41) is 4.19. The van der Waals surface area contributed by atoms with E-state index in [1.54, 1.807) is 0 Å². The lowest BCUT2D eigenvalue weighted by atomic mass is 10.1. The fraction of sp³-hybridized carbons (Fsp3) is 0.545. The predicted molar refractivity (Wildman–Crippen MR) is 57.0 cm³/mol. The Hall–Kier alpha value is -1.09. The van der Waals surface area contributed by atoms with Crippen LogP contribution in [-0.2, 0) is 6.54 Å². The van der Waals surface area contributed by atoms with Crippen LogP contribution in [0.25, 0.3) is 0 Å². The molecule has 14 heavy (non-hydrogen) atoms. The molecular weight excluding hydrogens is 174 g/mol. The minimum absolute atomic E-state index is 0.999. The third kappa shape index (κ3) is 2.45. The number of aromatic nitrogens is 2. The molecule has 0 bridgehead atoms. The fourth-order valence-corrected chi connectivity index (χ4v) is 1.77. The Morgan fingerprint density at radius 2 is 2.07 bits per heavy atom. The topological polar surface area (TPSA) is 21.1 Å². The Balaban J connectivity index is 1.73. The van der Waals surface area contributed by atoms with Gasteiger partial charge in [-0.05, 0) is 18.9 Å². The number of hydrogen-bond donors (Lipinski definition) is 0. The van der Waals surface area contributed by atoms with Gasteiger partial charge in [0.1, 0.15) is 0 Å². The zero-order valence-corrected chi connectivity index (χ0v) is 8.52. The second-order valence-corrected chi connectivity index (χ2v) is 3.86. The van der Waals surface area contributed by atoms with Gasteiger partial charge in [0.15, 0.2) is 0 Å². The summed E-state index contributed by atoms with van der Waals surface area (Å²) in [7, 11) is 0. The molecule has 3 heteroatoms. The maximum Gasteiger partial charge on any atom is 0.0536 e. The van der Waals surface area contributed by atoms with Crippen molar-refractivity contribution < 1.29 is 0 Å². The standard InChI is InChI=1S/C11H17N3/c1-11-3-7-13(8-4-11)9-10-14-6-2-5-12-14/h2,5-6H,1,3-4,7-10H2. The molecule has 1 saturated heterocycles. The largest absolute Gasteiger partial charge is 0.301 e. The highest BCUT2D eigenvalue weighted by Crippen LogP contribution is 2.13. The molecule has 0 atom stereocenters. The first-order valence-corrected chi connectivity index (χ1v) is 5.21. The molecule has 2 heterocycles. The van der Waals surface area contributed by atoms with E-state index < -0.39 is 0 Å². The van der Waals surface area contributed by atoms with Crippen LogP contribution in [-0.4, -0.2) is 34.3 Å². The number of nitrogens with zero attached hydrogens (tertiary/aromatic N) is 3. The second-order valence-electron chi connectivity index (χ2n) is 3.86. The average Bonchev–Trinajstić information content (AvgIpc) is 2.70. The molecule has 1 aromatic heterocycles. The van der Waals surface area contributed by atoms with E-state index in [9.17, 15) is 0 Å². The highest BCUT2D eigenvalue weighted by atomic mass is 15.3. The number of rotatable bonds is 3. The van der Waals surface area contributed by atoms with Gasteiger partial charge in [-0.1, -0.05) is 12.2 Å². The number of likely N-dealkylation sites (tertiary alicyclic amines) is 1. The van der Waals surface area contributed by atoms with Crippen molar-refractivity contribution in [2.24, 2.45) is 0 Å². The monoisotopic (exact) mass is 191 g/mol. The third-order valence-electron chi connectivity index (χ3n) is 2.77. The SMILES string of the molecule is C=C1CCN(CCn2cccn2)CC1. The molecule has 0 aliphatic carbocycles. The van der Waals surface area contributed by atoms with Gasteiger partial charge in [-0.3, -0.25) is 4.68 Å². The van der Waals surface area contributed by atoms with E-state index in [1.807, 2.05) is 23.1 Å². The molecule has 0 unspecified atom stereocenters. The van der Waals surface area contributed by atoms with Crippen molar-refractivity contribution >= 4 is 0 Å². The van der Waals surface area contributed by atoms with Crippen LogP contribution in [0.3, 0.4) is 0 Å². The van der Waals surface area contributed by atoms with E-state index in [4.69, 9.17) is 0 Å². The van der Waals surface area contributed by atoms with E-state index in [-0.39, 0.29) is 0 Å². The van der Waals surface area contributed by atoms with Crippen molar-refractivity contribution in [1.29, 1.82) is 0 Å². The van der Waals surface area contributed by atoms with Crippen LogP contribution >= 0.6 is 0 Å². The molecular formula is C11H17N3. The van der Waals surface area contributed by atoms with Crippen molar-refractivity contribution in [3.05, 3.63) is 30.6 Å². The maximum absolute atomic E-state index is 4.19. The first kappa shape index (κ1) is 9.46. The highest BCUT2D eigenvalue weighted by molar-refractivity contribution is 4.98. The summed E-state index contributed by atoms with van der Waals surface area (Å²) in [5.74, 6) is 0. The van der Waals surface area contributed by atoms with Crippen molar-refractivity contribution in [2.45, 2.75) is 19.4 Å². The quantitative estimate of drug-likeness (QED) is 0.676. The van der Waals surface area contributed by atoms with Gasteiger partial charge in [-0.25, -0.2) is 0 Å². The molecule has 0 aromatic carbocycles. The molecule has 2 rings (SSSR count). The Morgan fingerprint density at radius 3 is 2.71 bits per heavy atom. The van der Waals surface area contributed by atoms with Crippen LogP contribution in [0.5, 0.6) is 0 Å². The Labute approximate surface area is 85.0 Å². The highest BCUT2D eigenvalue weighted by Gasteiger charge is 2.11. The van der Waals surface area contributed by atoms with E-state index in [0.717, 1.165) is 13.1 Å². The lowest BCUT2D eigenvalue weighted by molar-refractivity contribution is 0.243. The molecule has 1 aliphatic rings. The van der Waals surface area contributed by atoms with Crippen LogP contribution in [0.4, 0.5) is 0 Å². The van der Waals surface area contributed by atoms with Gasteiger partial charge in [0.2, 0.25) is 0 Å². The number of hydrogen-bond acceptors (Lipinski definition) is 2. The third-order valence-corrected chi connectivity index (χ3v) is 2.77. The summed E-state index contributed by atoms with van der Waals surface area (Å²) in [4.78, 5) is 2.48. The van der Waals surface area contributed by atoms with Crippen LogP contribution < -0.4 is 0 Å². The van der Waals surface area contributed by atoms with Crippen LogP contribution in [0.15, 0.2) is 30.6 Å².